The highest BCUT2D eigenvalue weighted by atomic mass is 79.9. The van der Waals surface area contributed by atoms with E-state index in [1.165, 1.54) is 0 Å². The Morgan fingerprint density at radius 3 is 2.39 bits per heavy atom. The minimum Gasteiger partial charge on any atom is -0.293 e. The molecule has 0 saturated heterocycles. The largest absolute Gasteiger partial charge is 0.293 e. The van der Waals surface area contributed by atoms with Gasteiger partial charge in [-0.3, -0.25) is 4.79 Å². The van der Waals surface area contributed by atoms with E-state index in [1.807, 2.05) is 17.5 Å². The van der Waals surface area contributed by atoms with Crippen LogP contribution in [0, 0.1) is 0 Å². The number of rotatable bonds is 4. The molecule has 1 aromatic heterocycles. The zero-order chi connectivity index (χ0) is 13.1. The van der Waals surface area contributed by atoms with Crippen molar-refractivity contribution < 1.29 is 4.79 Å². The molecule has 94 valence electrons. The van der Waals surface area contributed by atoms with E-state index in [0.717, 1.165) is 4.88 Å². The first kappa shape index (κ1) is 14.3. The number of halogens is 3. The number of alkyl halides is 2. The van der Waals surface area contributed by atoms with Gasteiger partial charge in [-0.1, -0.05) is 49.5 Å². The van der Waals surface area contributed by atoms with Crippen LogP contribution in [-0.2, 0) is 0 Å². The lowest BCUT2D eigenvalue weighted by Gasteiger charge is -2.14. The zero-order valence-electron chi connectivity index (χ0n) is 9.15. The molecule has 1 aromatic carbocycles. The molecule has 2 unspecified atom stereocenters. The smallest absolute Gasteiger partial charge is 0.177 e. The normalized spacial score (nSPS) is 14.2. The summed E-state index contributed by atoms with van der Waals surface area (Å²) < 4.78 is 0. The van der Waals surface area contributed by atoms with Gasteiger partial charge in [0.05, 0.1) is 9.65 Å². The van der Waals surface area contributed by atoms with Crippen LogP contribution in [0.25, 0.3) is 0 Å². The summed E-state index contributed by atoms with van der Waals surface area (Å²) in [5.41, 5.74) is 0.655. The fourth-order valence-corrected chi connectivity index (χ4v) is 3.80. The summed E-state index contributed by atoms with van der Waals surface area (Å²) in [5.74, 6) is 0.0435. The highest BCUT2D eigenvalue weighted by Crippen LogP contribution is 2.35. The summed E-state index contributed by atoms with van der Waals surface area (Å²) in [6, 6.07) is 10.9. The number of thiophene rings is 1. The van der Waals surface area contributed by atoms with Gasteiger partial charge in [0, 0.05) is 15.5 Å². The lowest BCUT2D eigenvalue weighted by atomic mass is 10.1. The third-order valence-electron chi connectivity index (χ3n) is 2.45. The molecule has 2 aromatic rings. The van der Waals surface area contributed by atoms with Gasteiger partial charge >= 0.3 is 0 Å². The van der Waals surface area contributed by atoms with E-state index < -0.39 is 0 Å². The van der Waals surface area contributed by atoms with Crippen molar-refractivity contribution >= 4 is 60.6 Å². The van der Waals surface area contributed by atoms with Crippen molar-refractivity contribution in [1.82, 2.24) is 0 Å². The molecule has 0 aliphatic carbocycles. The summed E-state index contributed by atoms with van der Waals surface area (Å²) in [4.78, 5) is 13.1. The Kier molecular flexibility index (Phi) is 5.01. The van der Waals surface area contributed by atoms with Crippen molar-refractivity contribution in [3.8, 4) is 0 Å². The Morgan fingerprint density at radius 1 is 1.17 bits per heavy atom. The number of ketones is 1. The number of hydrogen-bond acceptors (Lipinski definition) is 2. The Bertz CT molecular complexity index is 524. The van der Waals surface area contributed by atoms with Gasteiger partial charge in [0.1, 0.15) is 0 Å². The van der Waals surface area contributed by atoms with Crippen molar-refractivity contribution in [3.05, 3.63) is 57.2 Å². The topological polar surface area (TPSA) is 17.1 Å². The number of hydrogen-bond donors (Lipinski definition) is 0. The van der Waals surface area contributed by atoms with Crippen LogP contribution in [0.3, 0.4) is 0 Å². The average Bonchev–Trinajstić information content (AvgIpc) is 2.91. The van der Waals surface area contributed by atoms with Gasteiger partial charge < -0.3 is 0 Å². The van der Waals surface area contributed by atoms with Crippen LogP contribution < -0.4 is 0 Å². The van der Waals surface area contributed by atoms with E-state index in [1.54, 1.807) is 35.6 Å². The maximum atomic E-state index is 12.3. The standard InChI is InChI=1S/C13H9Br2ClOS/c14-11(10-2-1-7-18-10)12(15)13(17)8-3-5-9(16)6-4-8/h1-7,11-12H. The molecule has 1 heterocycles. The van der Waals surface area contributed by atoms with E-state index in [2.05, 4.69) is 31.9 Å². The first-order chi connectivity index (χ1) is 8.59. The zero-order valence-corrected chi connectivity index (χ0v) is 13.9. The Labute approximate surface area is 131 Å². The Balaban J connectivity index is 2.16. The summed E-state index contributed by atoms with van der Waals surface area (Å²) in [6.07, 6.45) is 0. The molecule has 0 bridgehead atoms. The molecule has 0 amide bonds. The second-order valence-corrected chi connectivity index (χ2v) is 7.08. The average molecular weight is 409 g/mol. The van der Waals surface area contributed by atoms with Crippen LogP contribution >= 0.6 is 54.8 Å². The summed E-state index contributed by atoms with van der Waals surface area (Å²) in [7, 11) is 0. The van der Waals surface area contributed by atoms with E-state index in [0.29, 0.717) is 10.6 Å². The fraction of sp³-hybridized carbons (Fsp3) is 0.154. The maximum absolute atomic E-state index is 12.3. The summed E-state index contributed by atoms with van der Waals surface area (Å²) in [5, 5.41) is 2.63. The predicted molar refractivity (Wildman–Crippen MR) is 84.5 cm³/mol. The molecule has 2 atom stereocenters. The summed E-state index contributed by atoms with van der Waals surface area (Å²) >= 11 is 14.5. The first-order valence-corrected chi connectivity index (χ1v) is 8.30. The molecule has 0 aliphatic heterocycles. The van der Waals surface area contributed by atoms with Gasteiger partial charge in [0.2, 0.25) is 0 Å². The SMILES string of the molecule is O=C(c1ccc(Cl)cc1)C(Br)C(Br)c1cccs1. The Hall–Kier alpha value is -0.160. The van der Waals surface area contributed by atoms with Gasteiger partial charge in [0.25, 0.3) is 0 Å². The molecule has 1 nitrogen and oxygen atoms in total. The van der Waals surface area contributed by atoms with Gasteiger partial charge in [-0.2, -0.15) is 0 Å². The molecule has 0 N–H and O–H groups in total. The molecular weight excluding hydrogens is 399 g/mol. The lowest BCUT2D eigenvalue weighted by molar-refractivity contribution is 0.0991. The van der Waals surface area contributed by atoms with E-state index in [4.69, 9.17) is 11.6 Å². The number of benzene rings is 1. The van der Waals surface area contributed by atoms with Crippen molar-refractivity contribution in [2.24, 2.45) is 0 Å². The number of carbonyl (C=O) groups excluding carboxylic acids is 1. The highest BCUT2D eigenvalue weighted by molar-refractivity contribution is 9.12. The fourth-order valence-electron chi connectivity index (χ4n) is 1.50. The van der Waals surface area contributed by atoms with Gasteiger partial charge in [-0.05, 0) is 35.7 Å². The molecule has 5 heteroatoms. The van der Waals surface area contributed by atoms with Crippen LogP contribution in [-0.4, -0.2) is 10.6 Å². The minimum absolute atomic E-state index is 0.0271. The quantitative estimate of drug-likeness (QED) is 0.483. The second kappa shape index (κ2) is 6.33. The molecule has 2 rings (SSSR count). The first-order valence-electron chi connectivity index (χ1n) is 5.21. The number of Topliss-reactive ketones (excluding diaryl/α,β-unsaturated/α-hetero) is 1. The van der Waals surface area contributed by atoms with E-state index in [9.17, 15) is 4.79 Å². The molecule has 18 heavy (non-hydrogen) atoms. The highest BCUT2D eigenvalue weighted by Gasteiger charge is 2.26. The predicted octanol–water partition coefficient (Wildman–Crippen LogP) is 5.48. The molecule has 0 spiro atoms. The molecular formula is C13H9Br2ClOS. The second-order valence-electron chi connectivity index (χ2n) is 3.69. The van der Waals surface area contributed by atoms with Crippen LogP contribution in [0.2, 0.25) is 5.02 Å². The third kappa shape index (κ3) is 3.23. The van der Waals surface area contributed by atoms with E-state index in [-0.39, 0.29) is 15.4 Å². The minimum atomic E-state index is -0.294. The maximum Gasteiger partial charge on any atom is 0.177 e. The Morgan fingerprint density at radius 2 is 1.83 bits per heavy atom. The number of carbonyl (C=O) groups is 1. The van der Waals surface area contributed by atoms with Crippen molar-refractivity contribution in [1.29, 1.82) is 0 Å². The van der Waals surface area contributed by atoms with Crippen LogP contribution in [0.15, 0.2) is 41.8 Å². The van der Waals surface area contributed by atoms with Crippen molar-refractivity contribution in [2.45, 2.75) is 9.65 Å². The molecule has 0 fully saturated rings. The molecule has 0 radical (unpaired) electrons. The molecule has 0 aliphatic rings. The monoisotopic (exact) mass is 406 g/mol. The van der Waals surface area contributed by atoms with Crippen molar-refractivity contribution in [3.63, 3.8) is 0 Å². The van der Waals surface area contributed by atoms with Gasteiger partial charge in [-0.15, -0.1) is 11.3 Å². The van der Waals surface area contributed by atoms with E-state index >= 15 is 0 Å². The van der Waals surface area contributed by atoms with Gasteiger partial charge in [0.15, 0.2) is 5.78 Å². The third-order valence-corrected chi connectivity index (χ3v) is 6.64. The van der Waals surface area contributed by atoms with Crippen molar-refractivity contribution in [2.75, 3.05) is 0 Å². The van der Waals surface area contributed by atoms with Crippen LogP contribution in [0.1, 0.15) is 20.1 Å². The van der Waals surface area contributed by atoms with Crippen LogP contribution in [0.4, 0.5) is 0 Å². The summed E-state index contributed by atoms with van der Waals surface area (Å²) in [6.45, 7) is 0. The lowest BCUT2D eigenvalue weighted by Crippen LogP contribution is -2.18. The molecule has 0 saturated carbocycles. The van der Waals surface area contributed by atoms with Gasteiger partial charge in [-0.25, -0.2) is 0 Å². The van der Waals surface area contributed by atoms with Crippen LogP contribution in [0.5, 0.6) is 0 Å².